The molecule has 0 spiro atoms. The van der Waals surface area contributed by atoms with E-state index in [0.717, 1.165) is 16.3 Å². The van der Waals surface area contributed by atoms with Gasteiger partial charge in [0.05, 0.1) is 10.5 Å². The van der Waals surface area contributed by atoms with Crippen LogP contribution in [-0.2, 0) is 13.0 Å². The fourth-order valence-corrected chi connectivity index (χ4v) is 3.25. The molecule has 2 aromatic rings. The number of amides is 1. The predicted molar refractivity (Wildman–Crippen MR) is 64.3 cm³/mol. The number of hydrogen-bond acceptors (Lipinski definition) is 4. The lowest BCUT2D eigenvalue weighted by molar-refractivity contribution is 0.0693. The Bertz CT molecular complexity index is 550. The highest BCUT2D eigenvalue weighted by Crippen LogP contribution is 2.31. The average Bonchev–Trinajstić information content (AvgIpc) is 2.94. The summed E-state index contributed by atoms with van der Waals surface area (Å²) in [6.45, 7) is 1.29. The van der Waals surface area contributed by atoms with Crippen molar-refractivity contribution in [1.82, 2.24) is 10.1 Å². The molecule has 0 N–H and O–H groups in total. The van der Waals surface area contributed by atoms with Crippen LogP contribution in [0.1, 0.15) is 21.0 Å². The topological polar surface area (TPSA) is 46.3 Å². The third kappa shape index (κ3) is 1.96. The highest BCUT2D eigenvalue weighted by atomic mass is 35.5. The number of thiophene rings is 1. The number of fused-ring (bicyclic) bond motifs is 1. The Kier molecular flexibility index (Phi) is 2.64. The Morgan fingerprint density at radius 1 is 1.59 bits per heavy atom. The van der Waals surface area contributed by atoms with Crippen LogP contribution in [0.25, 0.3) is 0 Å². The smallest absolute Gasteiger partial charge is 0.292 e. The van der Waals surface area contributed by atoms with E-state index in [1.54, 1.807) is 22.3 Å². The van der Waals surface area contributed by atoms with Gasteiger partial charge in [-0.3, -0.25) is 4.79 Å². The van der Waals surface area contributed by atoms with Crippen molar-refractivity contribution in [3.8, 4) is 0 Å². The molecule has 0 unspecified atom stereocenters. The van der Waals surface area contributed by atoms with Crippen LogP contribution in [0.2, 0.25) is 4.34 Å². The van der Waals surface area contributed by atoms with E-state index < -0.39 is 0 Å². The van der Waals surface area contributed by atoms with Gasteiger partial charge >= 0.3 is 0 Å². The van der Waals surface area contributed by atoms with Crippen LogP contribution >= 0.6 is 22.9 Å². The van der Waals surface area contributed by atoms with Crippen LogP contribution in [-0.4, -0.2) is 22.5 Å². The van der Waals surface area contributed by atoms with Crippen LogP contribution in [0.15, 0.2) is 22.9 Å². The first-order valence-corrected chi connectivity index (χ1v) is 6.40. The molecule has 0 saturated heterocycles. The van der Waals surface area contributed by atoms with Crippen LogP contribution in [0.3, 0.4) is 0 Å². The second-order valence-corrected chi connectivity index (χ2v) is 5.62. The summed E-state index contributed by atoms with van der Waals surface area (Å²) in [6.07, 6.45) is 2.33. The summed E-state index contributed by atoms with van der Waals surface area (Å²) in [6, 6.07) is 3.51. The number of rotatable bonds is 1. The molecule has 0 aliphatic carbocycles. The molecule has 0 bridgehead atoms. The zero-order valence-corrected chi connectivity index (χ0v) is 10.4. The minimum absolute atomic E-state index is 0.115. The number of hydrogen-bond donors (Lipinski definition) is 0. The Morgan fingerprint density at radius 2 is 2.47 bits per heavy atom. The minimum Gasteiger partial charge on any atom is -0.351 e. The lowest BCUT2D eigenvalue weighted by atomic mass is 10.1. The summed E-state index contributed by atoms with van der Waals surface area (Å²) in [5, 5.41) is 3.54. The molecule has 17 heavy (non-hydrogen) atoms. The molecule has 88 valence electrons. The highest BCUT2D eigenvalue weighted by Gasteiger charge is 2.25. The van der Waals surface area contributed by atoms with E-state index in [2.05, 4.69) is 5.16 Å². The summed E-state index contributed by atoms with van der Waals surface area (Å²) in [5.41, 5.74) is 1.14. The zero-order valence-electron chi connectivity index (χ0n) is 8.85. The average molecular weight is 269 g/mol. The number of carbonyl (C=O) groups excluding carboxylic acids is 1. The molecular weight excluding hydrogens is 260 g/mol. The molecule has 0 radical (unpaired) electrons. The number of nitrogens with zero attached hydrogens (tertiary/aromatic N) is 2. The lowest BCUT2D eigenvalue weighted by Crippen LogP contribution is -2.35. The Labute approximate surface area is 107 Å². The summed E-state index contributed by atoms with van der Waals surface area (Å²) in [7, 11) is 0. The fourth-order valence-electron chi connectivity index (χ4n) is 1.95. The van der Waals surface area contributed by atoms with Gasteiger partial charge in [0.2, 0.25) is 5.76 Å². The third-order valence-electron chi connectivity index (χ3n) is 2.77. The molecule has 3 heterocycles. The van der Waals surface area contributed by atoms with Crippen molar-refractivity contribution in [2.75, 3.05) is 6.54 Å². The van der Waals surface area contributed by atoms with Gasteiger partial charge in [-0.1, -0.05) is 16.8 Å². The Morgan fingerprint density at radius 3 is 3.24 bits per heavy atom. The summed E-state index contributed by atoms with van der Waals surface area (Å²) in [4.78, 5) is 15.1. The normalized spacial score (nSPS) is 14.8. The van der Waals surface area contributed by atoms with Crippen LogP contribution in [0.5, 0.6) is 0 Å². The Hall–Kier alpha value is -1.33. The summed E-state index contributed by atoms with van der Waals surface area (Å²) < 4.78 is 5.66. The molecule has 0 fully saturated rings. The Balaban J connectivity index is 1.82. The van der Waals surface area contributed by atoms with Gasteiger partial charge in [-0.05, 0) is 18.1 Å². The maximum Gasteiger partial charge on any atom is 0.292 e. The van der Waals surface area contributed by atoms with Crippen molar-refractivity contribution in [2.24, 2.45) is 0 Å². The quantitative estimate of drug-likeness (QED) is 0.799. The molecule has 0 saturated carbocycles. The molecule has 3 rings (SSSR count). The maximum atomic E-state index is 12.0. The van der Waals surface area contributed by atoms with E-state index >= 15 is 0 Å². The second kappa shape index (κ2) is 4.16. The van der Waals surface area contributed by atoms with E-state index in [4.69, 9.17) is 16.1 Å². The van der Waals surface area contributed by atoms with Gasteiger partial charge < -0.3 is 9.42 Å². The monoisotopic (exact) mass is 268 g/mol. The van der Waals surface area contributed by atoms with Gasteiger partial charge in [-0.25, -0.2) is 0 Å². The largest absolute Gasteiger partial charge is 0.351 e. The van der Waals surface area contributed by atoms with Crippen LogP contribution in [0, 0.1) is 0 Å². The molecule has 4 nitrogen and oxygen atoms in total. The summed E-state index contributed by atoms with van der Waals surface area (Å²) >= 11 is 7.56. The van der Waals surface area contributed by atoms with Crippen molar-refractivity contribution in [1.29, 1.82) is 0 Å². The molecule has 6 heteroatoms. The molecule has 0 aromatic carbocycles. The van der Waals surface area contributed by atoms with Crippen LogP contribution in [0.4, 0.5) is 0 Å². The fraction of sp³-hybridized carbons (Fsp3) is 0.273. The number of carbonyl (C=O) groups is 1. The van der Waals surface area contributed by atoms with Crippen LogP contribution < -0.4 is 0 Å². The highest BCUT2D eigenvalue weighted by molar-refractivity contribution is 7.16. The van der Waals surface area contributed by atoms with Crippen molar-refractivity contribution >= 4 is 28.8 Å². The number of aromatic nitrogens is 1. The lowest BCUT2D eigenvalue weighted by Gasteiger charge is -2.25. The van der Waals surface area contributed by atoms with E-state index in [9.17, 15) is 4.79 Å². The minimum atomic E-state index is -0.115. The van der Waals surface area contributed by atoms with Crippen molar-refractivity contribution < 1.29 is 9.32 Å². The molecule has 1 amide bonds. The number of halogens is 1. The predicted octanol–water partition coefficient (Wildman–Crippen LogP) is 2.59. The van der Waals surface area contributed by atoms with Crippen molar-refractivity contribution in [3.63, 3.8) is 0 Å². The van der Waals surface area contributed by atoms with E-state index in [1.165, 1.54) is 11.1 Å². The molecular formula is C11H9ClN2O2S. The first kappa shape index (κ1) is 10.8. The van der Waals surface area contributed by atoms with Gasteiger partial charge in [-0.2, -0.15) is 0 Å². The second-order valence-electron chi connectivity index (χ2n) is 3.85. The van der Waals surface area contributed by atoms with Crippen molar-refractivity contribution in [2.45, 2.75) is 13.0 Å². The van der Waals surface area contributed by atoms with Gasteiger partial charge in [0.25, 0.3) is 5.91 Å². The van der Waals surface area contributed by atoms with Gasteiger partial charge in [0, 0.05) is 24.0 Å². The maximum absolute atomic E-state index is 12.0. The van der Waals surface area contributed by atoms with Crippen molar-refractivity contribution in [3.05, 3.63) is 38.9 Å². The zero-order chi connectivity index (χ0) is 11.8. The van der Waals surface area contributed by atoms with E-state index in [0.29, 0.717) is 13.1 Å². The molecule has 0 atom stereocenters. The molecule has 2 aromatic heterocycles. The first-order chi connectivity index (χ1) is 8.24. The third-order valence-corrected chi connectivity index (χ3v) is 4.14. The SMILES string of the molecule is O=C(c1ccno1)N1CCc2sc(Cl)cc2C1. The molecule has 1 aliphatic heterocycles. The van der Waals surface area contributed by atoms with Gasteiger partial charge in [0.1, 0.15) is 0 Å². The standard InChI is InChI=1S/C11H9ClN2O2S/c12-10-5-7-6-14(4-2-9(7)17-10)11(15)8-1-3-13-16-8/h1,3,5H,2,4,6H2. The van der Waals surface area contributed by atoms with Gasteiger partial charge in [0.15, 0.2) is 0 Å². The van der Waals surface area contributed by atoms with Gasteiger partial charge in [-0.15, -0.1) is 11.3 Å². The summed E-state index contributed by atoms with van der Waals surface area (Å²) in [5.74, 6) is 0.172. The molecule has 1 aliphatic rings. The van der Waals surface area contributed by atoms with E-state index in [1.807, 2.05) is 6.07 Å². The first-order valence-electron chi connectivity index (χ1n) is 5.21. The van der Waals surface area contributed by atoms with E-state index in [-0.39, 0.29) is 11.7 Å².